The van der Waals surface area contributed by atoms with Crippen LogP contribution in [0.15, 0.2) is 4.99 Å². The van der Waals surface area contributed by atoms with Crippen LogP contribution in [0.4, 0.5) is 0 Å². The van der Waals surface area contributed by atoms with Gasteiger partial charge in [0.2, 0.25) is 0 Å². The number of halogens is 1. The number of piperidine rings is 2. The molecule has 6 heteroatoms. The SMILES string of the molecule is CCN1CCC(CCNC(=NC)NCCCN2CCCCC2C)CC1.I. The number of likely N-dealkylation sites (tertiary alicyclic amines) is 2. The van der Waals surface area contributed by atoms with E-state index >= 15 is 0 Å². The van der Waals surface area contributed by atoms with Crippen LogP contribution in [0, 0.1) is 5.92 Å². The largest absolute Gasteiger partial charge is 0.356 e. The van der Waals surface area contributed by atoms with E-state index in [2.05, 4.69) is 39.3 Å². The fraction of sp³-hybridized carbons (Fsp3) is 0.950. The summed E-state index contributed by atoms with van der Waals surface area (Å²) in [4.78, 5) is 9.57. The second kappa shape index (κ2) is 14.0. The van der Waals surface area contributed by atoms with E-state index in [4.69, 9.17) is 0 Å². The Bertz CT molecular complexity index is 382. The highest BCUT2D eigenvalue weighted by Crippen LogP contribution is 2.19. The van der Waals surface area contributed by atoms with Gasteiger partial charge in [0.15, 0.2) is 5.96 Å². The van der Waals surface area contributed by atoms with Crippen LogP contribution in [0.3, 0.4) is 0 Å². The van der Waals surface area contributed by atoms with Gasteiger partial charge in [-0.05, 0) is 77.5 Å². The van der Waals surface area contributed by atoms with E-state index in [0.29, 0.717) is 0 Å². The molecule has 2 aliphatic rings. The standard InChI is InChI=1S/C20H41N5.HI/c1-4-24-16-10-19(11-17-24)9-13-23-20(21-3)22-12-7-15-25-14-6-5-8-18(25)2;/h18-19H,4-17H2,1-3H3,(H2,21,22,23);1H. The van der Waals surface area contributed by atoms with Crippen molar-refractivity contribution in [3.63, 3.8) is 0 Å². The summed E-state index contributed by atoms with van der Waals surface area (Å²) in [6.45, 7) is 13.0. The second-order valence-electron chi connectivity index (χ2n) is 7.83. The van der Waals surface area contributed by atoms with Crippen LogP contribution in [0.2, 0.25) is 0 Å². The Balaban J connectivity index is 0.00000338. The lowest BCUT2D eigenvalue weighted by Crippen LogP contribution is -2.42. The highest BCUT2D eigenvalue weighted by atomic mass is 127. The molecule has 1 atom stereocenters. The van der Waals surface area contributed by atoms with Crippen LogP contribution >= 0.6 is 24.0 Å². The molecule has 2 fully saturated rings. The summed E-state index contributed by atoms with van der Waals surface area (Å²) in [6.07, 6.45) is 9.32. The van der Waals surface area contributed by atoms with Crippen molar-refractivity contribution >= 4 is 29.9 Å². The number of aliphatic imine (C=N–C) groups is 1. The summed E-state index contributed by atoms with van der Waals surface area (Å²) in [5.41, 5.74) is 0. The normalized spacial score (nSPS) is 23.5. The average Bonchev–Trinajstić information content (AvgIpc) is 2.65. The summed E-state index contributed by atoms with van der Waals surface area (Å²) in [7, 11) is 1.88. The van der Waals surface area contributed by atoms with E-state index in [1.165, 1.54) is 77.7 Å². The Labute approximate surface area is 178 Å². The topological polar surface area (TPSA) is 42.9 Å². The minimum Gasteiger partial charge on any atom is -0.356 e. The molecule has 0 aliphatic carbocycles. The quantitative estimate of drug-likeness (QED) is 0.243. The number of hydrogen-bond donors (Lipinski definition) is 2. The van der Waals surface area contributed by atoms with Crippen LogP contribution in [0.5, 0.6) is 0 Å². The first-order valence-corrected chi connectivity index (χ1v) is 10.6. The molecule has 0 saturated carbocycles. The fourth-order valence-electron chi connectivity index (χ4n) is 4.19. The van der Waals surface area contributed by atoms with Gasteiger partial charge in [-0.3, -0.25) is 4.99 Å². The summed E-state index contributed by atoms with van der Waals surface area (Å²) in [5, 5.41) is 6.98. The van der Waals surface area contributed by atoms with Crippen molar-refractivity contribution in [2.24, 2.45) is 10.9 Å². The molecule has 154 valence electrons. The zero-order valence-corrected chi connectivity index (χ0v) is 19.6. The average molecular weight is 479 g/mol. The van der Waals surface area contributed by atoms with Crippen LogP contribution in [-0.4, -0.2) is 74.7 Å². The summed E-state index contributed by atoms with van der Waals surface area (Å²) in [6, 6.07) is 0.769. The minimum absolute atomic E-state index is 0. The van der Waals surface area contributed by atoms with Crippen molar-refractivity contribution in [1.29, 1.82) is 0 Å². The van der Waals surface area contributed by atoms with Crippen molar-refractivity contribution < 1.29 is 0 Å². The van der Waals surface area contributed by atoms with Crippen LogP contribution in [-0.2, 0) is 0 Å². The van der Waals surface area contributed by atoms with Crippen molar-refractivity contribution in [3.05, 3.63) is 0 Å². The number of rotatable bonds is 8. The lowest BCUT2D eigenvalue weighted by atomic mass is 9.93. The molecule has 0 spiro atoms. The van der Waals surface area contributed by atoms with Crippen LogP contribution in [0.1, 0.15) is 58.8 Å². The van der Waals surface area contributed by atoms with Gasteiger partial charge in [0.1, 0.15) is 0 Å². The highest BCUT2D eigenvalue weighted by molar-refractivity contribution is 14.0. The molecule has 1 unspecified atom stereocenters. The van der Waals surface area contributed by atoms with Crippen LogP contribution < -0.4 is 10.6 Å². The molecular formula is C20H42IN5. The van der Waals surface area contributed by atoms with Gasteiger partial charge < -0.3 is 20.4 Å². The first-order valence-electron chi connectivity index (χ1n) is 10.6. The lowest BCUT2D eigenvalue weighted by Gasteiger charge is -2.33. The van der Waals surface area contributed by atoms with E-state index in [1.54, 1.807) is 0 Å². The van der Waals surface area contributed by atoms with E-state index in [0.717, 1.165) is 31.0 Å². The third kappa shape index (κ3) is 8.74. The van der Waals surface area contributed by atoms with Crippen molar-refractivity contribution in [2.45, 2.75) is 64.8 Å². The number of guanidine groups is 1. The van der Waals surface area contributed by atoms with Crippen molar-refractivity contribution in [2.75, 3.05) is 52.9 Å². The summed E-state index contributed by atoms with van der Waals surface area (Å²) >= 11 is 0. The predicted octanol–water partition coefficient (Wildman–Crippen LogP) is 3.16. The number of nitrogens with one attached hydrogen (secondary N) is 2. The third-order valence-electron chi connectivity index (χ3n) is 6.08. The molecule has 0 aromatic rings. The van der Waals surface area contributed by atoms with E-state index in [9.17, 15) is 0 Å². The van der Waals surface area contributed by atoms with Gasteiger partial charge in [-0.25, -0.2) is 0 Å². The third-order valence-corrected chi connectivity index (χ3v) is 6.08. The number of nitrogens with zero attached hydrogens (tertiary/aromatic N) is 3. The van der Waals surface area contributed by atoms with E-state index in [-0.39, 0.29) is 24.0 Å². The maximum atomic E-state index is 4.37. The number of hydrogen-bond acceptors (Lipinski definition) is 3. The zero-order chi connectivity index (χ0) is 17.9. The van der Waals surface area contributed by atoms with Gasteiger partial charge in [0, 0.05) is 32.7 Å². The van der Waals surface area contributed by atoms with Gasteiger partial charge in [0.05, 0.1) is 0 Å². The summed E-state index contributed by atoms with van der Waals surface area (Å²) < 4.78 is 0. The van der Waals surface area contributed by atoms with Crippen molar-refractivity contribution in [3.8, 4) is 0 Å². The summed E-state index contributed by atoms with van der Waals surface area (Å²) in [5.74, 6) is 1.85. The molecule has 2 N–H and O–H groups in total. The molecule has 2 rings (SSSR count). The Kier molecular flexibility index (Phi) is 12.9. The molecule has 2 aliphatic heterocycles. The molecule has 26 heavy (non-hydrogen) atoms. The molecule has 0 bridgehead atoms. The molecule has 0 amide bonds. The Morgan fingerprint density at radius 2 is 1.77 bits per heavy atom. The molecule has 2 saturated heterocycles. The predicted molar refractivity (Wildman–Crippen MR) is 124 cm³/mol. The molecule has 0 aromatic carbocycles. The van der Waals surface area contributed by atoms with Gasteiger partial charge in [0.25, 0.3) is 0 Å². The zero-order valence-electron chi connectivity index (χ0n) is 17.3. The van der Waals surface area contributed by atoms with Gasteiger partial charge in [-0.2, -0.15) is 0 Å². The fourth-order valence-corrected chi connectivity index (χ4v) is 4.19. The highest BCUT2D eigenvalue weighted by Gasteiger charge is 2.18. The molecule has 0 aromatic heterocycles. The van der Waals surface area contributed by atoms with E-state index in [1.807, 2.05) is 7.05 Å². The first kappa shape index (κ1) is 24.0. The van der Waals surface area contributed by atoms with Gasteiger partial charge in [-0.15, -0.1) is 24.0 Å². The van der Waals surface area contributed by atoms with E-state index < -0.39 is 0 Å². The minimum atomic E-state index is 0. The monoisotopic (exact) mass is 479 g/mol. The maximum Gasteiger partial charge on any atom is 0.190 e. The smallest absolute Gasteiger partial charge is 0.190 e. The second-order valence-corrected chi connectivity index (χ2v) is 7.83. The van der Waals surface area contributed by atoms with Crippen LogP contribution in [0.25, 0.3) is 0 Å². The lowest BCUT2D eigenvalue weighted by molar-refractivity contribution is 0.159. The Morgan fingerprint density at radius 3 is 2.42 bits per heavy atom. The Hall–Kier alpha value is -0.0800. The Morgan fingerprint density at radius 1 is 1.04 bits per heavy atom. The molecule has 0 radical (unpaired) electrons. The van der Waals surface area contributed by atoms with Crippen molar-refractivity contribution in [1.82, 2.24) is 20.4 Å². The maximum absolute atomic E-state index is 4.37. The van der Waals surface area contributed by atoms with Gasteiger partial charge in [-0.1, -0.05) is 13.3 Å². The molecule has 2 heterocycles. The van der Waals surface area contributed by atoms with Gasteiger partial charge >= 0.3 is 0 Å². The molecule has 5 nitrogen and oxygen atoms in total. The first-order chi connectivity index (χ1) is 12.2. The molecular weight excluding hydrogens is 437 g/mol.